The van der Waals surface area contributed by atoms with Crippen molar-refractivity contribution in [3.63, 3.8) is 0 Å². The molecule has 15 heavy (non-hydrogen) atoms. The van der Waals surface area contributed by atoms with Crippen LogP contribution in [0.3, 0.4) is 0 Å². The van der Waals surface area contributed by atoms with Gasteiger partial charge in [0.25, 0.3) is 0 Å². The van der Waals surface area contributed by atoms with Gasteiger partial charge in [-0.15, -0.1) is 0 Å². The summed E-state index contributed by atoms with van der Waals surface area (Å²) in [5, 5.41) is 3.68. The third-order valence-electron chi connectivity index (χ3n) is 1.78. The van der Waals surface area contributed by atoms with Crippen molar-refractivity contribution in [2.24, 2.45) is 0 Å². The molecule has 5 heteroatoms. The normalized spacial score (nSPS) is 10.0. The lowest BCUT2D eigenvalue weighted by atomic mass is 10.2. The number of amides is 1. The van der Waals surface area contributed by atoms with Crippen LogP contribution in [-0.2, 0) is 4.79 Å². The summed E-state index contributed by atoms with van der Waals surface area (Å²) in [5.74, 6) is 0.618. The second-order valence-corrected chi connectivity index (χ2v) is 4.76. The van der Waals surface area contributed by atoms with Crippen LogP contribution >= 0.6 is 31.9 Å². The summed E-state index contributed by atoms with van der Waals surface area (Å²) < 4.78 is 0.903. The van der Waals surface area contributed by atoms with Gasteiger partial charge >= 0.3 is 0 Å². The van der Waals surface area contributed by atoms with Crippen LogP contribution in [0.15, 0.2) is 22.8 Å². The average molecular weight is 336 g/mol. The van der Waals surface area contributed by atoms with E-state index in [1.165, 1.54) is 0 Å². The van der Waals surface area contributed by atoms with Gasteiger partial charge in [0.15, 0.2) is 0 Å². The minimum atomic E-state index is 0.0192. The summed E-state index contributed by atoms with van der Waals surface area (Å²) in [4.78, 5) is 15.5. The Labute approximate surface area is 106 Å². The van der Waals surface area contributed by atoms with Gasteiger partial charge in [0, 0.05) is 22.4 Å². The molecule has 0 bridgehead atoms. The molecule has 0 spiro atoms. The molecule has 3 nitrogen and oxygen atoms in total. The molecule has 1 heterocycles. The fraction of sp³-hybridized carbons (Fsp3) is 0.400. The Balaban J connectivity index is 2.34. The highest BCUT2D eigenvalue weighted by atomic mass is 79.9. The van der Waals surface area contributed by atoms with Gasteiger partial charge in [-0.1, -0.05) is 15.9 Å². The number of aromatic nitrogens is 1. The van der Waals surface area contributed by atoms with Crippen LogP contribution in [0.25, 0.3) is 0 Å². The second kappa shape index (κ2) is 6.95. The van der Waals surface area contributed by atoms with Gasteiger partial charge in [-0.25, -0.2) is 4.98 Å². The summed E-state index contributed by atoms with van der Waals surface area (Å²) in [7, 11) is 0. The van der Waals surface area contributed by atoms with Gasteiger partial charge in [-0.3, -0.25) is 4.79 Å². The summed E-state index contributed by atoms with van der Waals surface area (Å²) >= 11 is 6.61. The van der Waals surface area contributed by atoms with E-state index in [-0.39, 0.29) is 5.91 Å². The summed E-state index contributed by atoms with van der Waals surface area (Å²) in [6, 6.07) is 3.62. The Morgan fingerprint density at radius 2 is 2.20 bits per heavy atom. The van der Waals surface area contributed by atoms with Crippen LogP contribution in [0.5, 0.6) is 0 Å². The molecule has 1 N–H and O–H groups in total. The number of unbranched alkanes of at least 4 members (excludes halogenated alkanes) is 1. The Morgan fingerprint density at radius 3 is 2.80 bits per heavy atom. The van der Waals surface area contributed by atoms with Crippen LogP contribution in [-0.4, -0.2) is 16.2 Å². The molecule has 0 radical (unpaired) electrons. The van der Waals surface area contributed by atoms with Gasteiger partial charge < -0.3 is 5.32 Å². The number of hydrogen-bond donors (Lipinski definition) is 1. The Hall–Kier alpha value is -0.420. The maximum Gasteiger partial charge on any atom is 0.225 e. The molecule has 0 aliphatic heterocycles. The molecule has 0 unspecified atom stereocenters. The zero-order valence-electron chi connectivity index (χ0n) is 8.17. The number of rotatable bonds is 5. The lowest BCUT2D eigenvalue weighted by molar-refractivity contribution is -0.116. The van der Waals surface area contributed by atoms with E-state index >= 15 is 0 Å². The molecule has 1 rings (SSSR count). The first-order valence-electron chi connectivity index (χ1n) is 4.70. The first kappa shape index (κ1) is 12.6. The molecule has 1 aromatic rings. The number of hydrogen-bond acceptors (Lipinski definition) is 2. The molecular weight excluding hydrogens is 324 g/mol. The fourth-order valence-corrected chi connectivity index (χ4v) is 1.67. The third-order valence-corrected chi connectivity index (χ3v) is 2.81. The van der Waals surface area contributed by atoms with E-state index in [4.69, 9.17) is 0 Å². The lowest BCUT2D eigenvalue weighted by Gasteiger charge is -2.03. The van der Waals surface area contributed by atoms with Crippen molar-refractivity contribution in [3.05, 3.63) is 22.8 Å². The molecule has 0 atom stereocenters. The van der Waals surface area contributed by atoms with Crippen molar-refractivity contribution in [1.29, 1.82) is 0 Å². The highest BCUT2D eigenvalue weighted by Crippen LogP contribution is 2.11. The minimum absolute atomic E-state index is 0.0192. The maximum absolute atomic E-state index is 11.4. The Kier molecular flexibility index (Phi) is 5.86. The molecule has 1 aromatic heterocycles. The van der Waals surface area contributed by atoms with E-state index < -0.39 is 0 Å². The first-order chi connectivity index (χ1) is 7.22. The number of alkyl halides is 1. The molecular formula is C10H12Br2N2O. The van der Waals surface area contributed by atoms with Crippen LogP contribution in [0.2, 0.25) is 0 Å². The van der Waals surface area contributed by atoms with E-state index in [0.29, 0.717) is 12.2 Å². The minimum Gasteiger partial charge on any atom is -0.311 e. The largest absolute Gasteiger partial charge is 0.311 e. The highest BCUT2D eigenvalue weighted by Gasteiger charge is 2.02. The standard InChI is InChI=1S/C10H12Br2N2O/c11-6-2-1-3-10(15)14-9-5-4-8(12)7-13-9/h4-5,7H,1-3,6H2,(H,13,14,15). The van der Waals surface area contributed by atoms with Crippen LogP contribution in [0.4, 0.5) is 5.82 Å². The van der Waals surface area contributed by atoms with E-state index in [1.54, 1.807) is 12.3 Å². The number of anilines is 1. The Bertz CT molecular complexity index is 314. The molecule has 0 saturated heterocycles. The van der Waals surface area contributed by atoms with Gasteiger partial charge in [0.05, 0.1) is 0 Å². The SMILES string of the molecule is O=C(CCCCBr)Nc1ccc(Br)cn1. The van der Waals surface area contributed by atoms with Crippen molar-refractivity contribution in [2.45, 2.75) is 19.3 Å². The number of halogens is 2. The fourth-order valence-electron chi connectivity index (χ4n) is 1.04. The number of nitrogens with one attached hydrogen (secondary N) is 1. The number of carbonyl (C=O) groups is 1. The van der Waals surface area contributed by atoms with Crippen molar-refractivity contribution in [1.82, 2.24) is 4.98 Å². The smallest absolute Gasteiger partial charge is 0.225 e. The zero-order chi connectivity index (χ0) is 11.1. The molecule has 82 valence electrons. The second-order valence-electron chi connectivity index (χ2n) is 3.06. The monoisotopic (exact) mass is 334 g/mol. The van der Waals surface area contributed by atoms with Crippen molar-refractivity contribution < 1.29 is 4.79 Å². The van der Waals surface area contributed by atoms with Crippen molar-refractivity contribution in [3.8, 4) is 0 Å². The zero-order valence-corrected chi connectivity index (χ0v) is 11.3. The summed E-state index contributed by atoms with van der Waals surface area (Å²) in [6.07, 6.45) is 4.12. The van der Waals surface area contributed by atoms with Gasteiger partial charge in [-0.05, 0) is 40.9 Å². The lowest BCUT2D eigenvalue weighted by Crippen LogP contribution is -2.12. The van der Waals surface area contributed by atoms with E-state index in [0.717, 1.165) is 22.6 Å². The highest BCUT2D eigenvalue weighted by molar-refractivity contribution is 9.10. The third kappa shape index (κ3) is 5.28. The quantitative estimate of drug-likeness (QED) is 0.662. The molecule has 0 aliphatic carbocycles. The van der Waals surface area contributed by atoms with E-state index in [2.05, 4.69) is 42.2 Å². The number of carbonyl (C=O) groups excluding carboxylic acids is 1. The average Bonchev–Trinajstić information content (AvgIpc) is 2.22. The maximum atomic E-state index is 11.4. The van der Waals surface area contributed by atoms with Gasteiger partial charge in [0.2, 0.25) is 5.91 Å². The molecule has 0 saturated carbocycles. The van der Waals surface area contributed by atoms with Crippen molar-refractivity contribution in [2.75, 3.05) is 10.6 Å². The Morgan fingerprint density at radius 1 is 1.40 bits per heavy atom. The molecule has 1 amide bonds. The van der Waals surface area contributed by atoms with Gasteiger partial charge in [0.1, 0.15) is 5.82 Å². The van der Waals surface area contributed by atoms with E-state index in [9.17, 15) is 4.79 Å². The number of nitrogens with zero attached hydrogens (tertiary/aromatic N) is 1. The molecule has 0 aliphatic rings. The molecule has 0 fully saturated rings. The first-order valence-corrected chi connectivity index (χ1v) is 6.61. The van der Waals surface area contributed by atoms with Crippen molar-refractivity contribution >= 4 is 43.6 Å². The van der Waals surface area contributed by atoms with E-state index in [1.807, 2.05) is 6.07 Å². The number of pyridine rings is 1. The predicted molar refractivity (Wildman–Crippen MR) is 68.2 cm³/mol. The summed E-state index contributed by atoms with van der Waals surface area (Å²) in [6.45, 7) is 0. The van der Waals surface area contributed by atoms with Crippen LogP contribution in [0.1, 0.15) is 19.3 Å². The van der Waals surface area contributed by atoms with Gasteiger partial charge in [-0.2, -0.15) is 0 Å². The topological polar surface area (TPSA) is 42.0 Å². The predicted octanol–water partition coefficient (Wildman–Crippen LogP) is 3.35. The van der Waals surface area contributed by atoms with Crippen LogP contribution in [0, 0.1) is 0 Å². The summed E-state index contributed by atoms with van der Waals surface area (Å²) in [5.41, 5.74) is 0. The van der Waals surface area contributed by atoms with Crippen LogP contribution < -0.4 is 5.32 Å². The molecule has 0 aromatic carbocycles.